The molecular formula is C15H21ClN2O2. The molecule has 2 rings (SSSR count). The number of para-hydroxylation sites is 1. The van der Waals surface area contributed by atoms with Crippen LogP contribution in [0, 0.1) is 0 Å². The van der Waals surface area contributed by atoms with E-state index in [1.807, 2.05) is 19.1 Å². The molecule has 1 saturated heterocycles. The number of carbonyl (C=O) groups excluding carboxylic acids is 1. The third-order valence-electron chi connectivity index (χ3n) is 3.56. The summed E-state index contributed by atoms with van der Waals surface area (Å²) in [4.78, 5) is 14.0. The van der Waals surface area contributed by atoms with Crippen molar-refractivity contribution in [3.05, 3.63) is 29.3 Å². The van der Waals surface area contributed by atoms with Gasteiger partial charge in [0, 0.05) is 19.5 Å². The molecule has 0 aromatic heterocycles. The smallest absolute Gasteiger partial charge is 0.225 e. The van der Waals surface area contributed by atoms with E-state index in [-0.39, 0.29) is 5.91 Å². The molecule has 0 spiro atoms. The van der Waals surface area contributed by atoms with E-state index in [4.69, 9.17) is 11.6 Å². The summed E-state index contributed by atoms with van der Waals surface area (Å²) in [6.45, 7) is 4.08. The SMILES string of the molecule is CC1(O)CCCN(CCC(=O)Nc2ccccc2Cl)C1. The Labute approximate surface area is 124 Å². The molecule has 1 aromatic rings. The minimum absolute atomic E-state index is 0.0525. The van der Waals surface area contributed by atoms with Crippen LogP contribution >= 0.6 is 11.6 Å². The van der Waals surface area contributed by atoms with E-state index in [0.717, 1.165) is 19.4 Å². The van der Waals surface area contributed by atoms with Gasteiger partial charge in [0.2, 0.25) is 5.91 Å². The van der Waals surface area contributed by atoms with Crippen molar-refractivity contribution in [3.63, 3.8) is 0 Å². The van der Waals surface area contributed by atoms with E-state index < -0.39 is 5.60 Å². The zero-order valence-electron chi connectivity index (χ0n) is 11.7. The minimum Gasteiger partial charge on any atom is -0.389 e. The van der Waals surface area contributed by atoms with Gasteiger partial charge in [0.05, 0.1) is 16.3 Å². The van der Waals surface area contributed by atoms with Crippen molar-refractivity contribution >= 4 is 23.2 Å². The van der Waals surface area contributed by atoms with E-state index in [9.17, 15) is 9.90 Å². The summed E-state index contributed by atoms with van der Waals surface area (Å²) >= 11 is 6.00. The van der Waals surface area contributed by atoms with Crippen molar-refractivity contribution < 1.29 is 9.90 Å². The number of piperidine rings is 1. The van der Waals surface area contributed by atoms with Gasteiger partial charge in [0.1, 0.15) is 0 Å². The predicted octanol–water partition coefficient (Wildman–Crippen LogP) is 2.52. The largest absolute Gasteiger partial charge is 0.389 e. The van der Waals surface area contributed by atoms with Crippen LogP contribution in [-0.4, -0.2) is 41.1 Å². The number of aliphatic hydroxyl groups is 1. The standard InChI is InChI=1S/C15H21ClN2O2/c1-15(20)8-4-9-18(11-15)10-7-14(19)17-13-6-3-2-5-12(13)16/h2-3,5-6,20H,4,7-11H2,1H3,(H,17,19). The monoisotopic (exact) mass is 296 g/mol. The van der Waals surface area contributed by atoms with Crippen LogP contribution in [0.3, 0.4) is 0 Å². The number of anilines is 1. The van der Waals surface area contributed by atoms with Gasteiger partial charge in [-0.25, -0.2) is 0 Å². The topological polar surface area (TPSA) is 52.6 Å². The normalized spacial score (nSPS) is 23.6. The maximum atomic E-state index is 11.9. The van der Waals surface area contributed by atoms with Crippen molar-refractivity contribution in [3.8, 4) is 0 Å². The molecule has 0 bridgehead atoms. The molecule has 1 unspecified atom stereocenters. The number of amides is 1. The first kappa shape index (κ1) is 15.3. The molecule has 1 aromatic carbocycles. The van der Waals surface area contributed by atoms with Crippen LogP contribution in [0.2, 0.25) is 5.02 Å². The summed E-state index contributed by atoms with van der Waals surface area (Å²) in [7, 11) is 0. The molecule has 5 heteroatoms. The van der Waals surface area contributed by atoms with Crippen LogP contribution in [-0.2, 0) is 4.79 Å². The van der Waals surface area contributed by atoms with Gasteiger partial charge in [-0.2, -0.15) is 0 Å². The van der Waals surface area contributed by atoms with Gasteiger partial charge in [-0.3, -0.25) is 9.69 Å². The predicted molar refractivity (Wildman–Crippen MR) is 81.0 cm³/mol. The van der Waals surface area contributed by atoms with Crippen molar-refractivity contribution in [1.82, 2.24) is 4.90 Å². The Kier molecular flexibility index (Phi) is 5.02. The maximum Gasteiger partial charge on any atom is 0.225 e. The highest BCUT2D eigenvalue weighted by Crippen LogP contribution is 2.22. The number of likely N-dealkylation sites (tertiary alicyclic amines) is 1. The Hall–Kier alpha value is -1.10. The summed E-state index contributed by atoms with van der Waals surface area (Å²) in [6, 6.07) is 7.20. The van der Waals surface area contributed by atoms with Crippen molar-refractivity contribution in [2.75, 3.05) is 25.0 Å². The molecule has 20 heavy (non-hydrogen) atoms. The highest BCUT2D eigenvalue weighted by Gasteiger charge is 2.28. The van der Waals surface area contributed by atoms with Gasteiger partial charge in [0.15, 0.2) is 0 Å². The second-order valence-corrected chi connectivity index (χ2v) is 6.06. The molecule has 1 aliphatic heterocycles. The van der Waals surface area contributed by atoms with Crippen molar-refractivity contribution in [1.29, 1.82) is 0 Å². The first-order valence-corrected chi connectivity index (χ1v) is 7.33. The number of benzene rings is 1. The van der Waals surface area contributed by atoms with Crippen LogP contribution in [0.25, 0.3) is 0 Å². The molecule has 1 heterocycles. The molecule has 110 valence electrons. The number of hydrogen-bond acceptors (Lipinski definition) is 3. The zero-order valence-corrected chi connectivity index (χ0v) is 12.5. The summed E-state index contributed by atoms with van der Waals surface area (Å²) in [5, 5.41) is 13.4. The lowest BCUT2D eigenvalue weighted by atomic mass is 9.95. The lowest BCUT2D eigenvalue weighted by molar-refractivity contribution is -0.117. The lowest BCUT2D eigenvalue weighted by Gasteiger charge is -2.36. The van der Waals surface area contributed by atoms with E-state index in [2.05, 4.69) is 10.2 Å². The average molecular weight is 297 g/mol. The Bertz CT molecular complexity index is 477. The Balaban J connectivity index is 1.79. The number of hydrogen-bond donors (Lipinski definition) is 2. The molecular weight excluding hydrogens is 276 g/mol. The maximum absolute atomic E-state index is 11.9. The number of carbonyl (C=O) groups is 1. The molecule has 0 saturated carbocycles. The van der Waals surface area contributed by atoms with Crippen molar-refractivity contribution in [2.45, 2.75) is 31.8 Å². The van der Waals surface area contributed by atoms with Gasteiger partial charge in [-0.05, 0) is 38.4 Å². The Morgan fingerprint density at radius 2 is 2.25 bits per heavy atom. The lowest BCUT2D eigenvalue weighted by Crippen LogP contribution is -2.46. The van der Waals surface area contributed by atoms with Gasteiger partial charge < -0.3 is 10.4 Å². The molecule has 0 aliphatic carbocycles. The zero-order chi connectivity index (χ0) is 14.6. The fraction of sp³-hybridized carbons (Fsp3) is 0.533. The third kappa shape index (κ3) is 4.47. The van der Waals surface area contributed by atoms with Crippen LogP contribution in [0.5, 0.6) is 0 Å². The van der Waals surface area contributed by atoms with E-state index in [1.165, 1.54) is 0 Å². The van der Waals surface area contributed by atoms with Gasteiger partial charge in [-0.15, -0.1) is 0 Å². The summed E-state index contributed by atoms with van der Waals surface area (Å²) in [5.74, 6) is -0.0525. The van der Waals surface area contributed by atoms with Crippen LogP contribution in [0.1, 0.15) is 26.2 Å². The van der Waals surface area contributed by atoms with Gasteiger partial charge in [-0.1, -0.05) is 23.7 Å². The second kappa shape index (κ2) is 6.57. The first-order chi connectivity index (χ1) is 9.46. The summed E-state index contributed by atoms with van der Waals surface area (Å²) < 4.78 is 0. The molecule has 4 nitrogen and oxygen atoms in total. The quantitative estimate of drug-likeness (QED) is 0.898. The van der Waals surface area contributed by atoms with Crippen LogP contribution < -0.4 is 5.32 Å². The van der Waals surface area contributed by atoms with Crippen LogP contribution in [0.4, 0.5) is 5.69 Å². The Morgan fingerprint density at radius 3 is 2.95 bits per heavy atom. The van der Waals surface area contributed by atoms with Crippen molar-refractivity contribution in [2.24, 2.45) is 0 Å². The van der Waals surface area contributed by atoms with Gasteiger partial charge in [0.25, 0.3) is 0 Å². The van der Waals surface area contributed by atoms with E-state index in [1.54, 1.807) is 12.1 Å². The second-order valence-electron chi connectivity index (χ2n) is 5.65. The number of halogens is 1. The minimum atomic E-state index is -0.628. The molecule has 1 fully saturated rings. The molecule has 0 radical (unpaired) electrons. The average Bonchev–Trinajstić information content (AvgIpc) is 2.38. The van der Waals surface area contributed by atoms with Crippen LogP contribution in [0.15, 0.2) is 24.3 Å². The number of nitrogens with zero attached hydrogens (tertiary/aromatic N) is 1. The van der Waals surface area contributed by atoms with E-state index in [0.29, 0.717) is 30.2 Å². The molecule has 1 atom stereocenters. The number of β-amino-alcohol motifs (C(OH)–C–C–N with tert-alkyl or cyclic N) is 1. The fourth-order valence-electron chi connectivity index (χ4n) is 2.55. The number of nitrogens with one attached hydrogen (secondary N) is 1. The third-order valence-corrected chi connectivity index (χ3v) is 3.89. The fourth-order valence-corrected chi connectivity index (χ4v) is 2.73. The highest BCUT2D eigenvalue weighted by molar-refractivity contribution is 6.33. The number of rotatable bonds is 4. The molecule has 1 amide bonds. The highest BCUT2D eigenvalue weighted by atomic mass is 35.5. The first-order valence-electron chi connectivity index (χ1n) is 6.95. The molecule has 1 aliphatic rings. The Morgan fingerprint density at radius 1 is 1.50 bits per heavy atom. The summed E-state index contributed by atoms with van der Waals surface area (Å²) in [6.07, 6.45) is 2.20. The summed E-state index contributed by atoms with van der Waals surface area (Å²) in [5.41, 5.74) is 0.0158. The van der Waals surface area contributed by atoms with Gasteiger partial charge >= 0.3 is 0 Å². The van der Waals surface area contributed by atoms with E-state index >= 15 is 0 Å². The molecule has 2 N–H and O–H groups in total.